The van der Waals surface area contributed by atoms with E-state index in [9.17, 15) is 23.5 Å². The molecule has 1 unspecified atom stereocenters. The Kier molecular flexibility index (Phi) is 7.60. The van der Waals surface area contributed by atoms with Gasteiger partial charge in [-0.3, -0.25) is 9.78 Å². The summed E-state index contributed by atoms with van der Waals surface area (Å²) in [4.78, 5) is 30.6. The van der Waals surface area contributed by atoms with E-state index in [1.54, 1.807) is 48.5 Å². The van der Waals surface area contributed by atoms with Crippen LogP contribution in [0.25, 0.3) is 11.1 Å². The van der Waals surface area contributed by atoms with E-state index in [1.807, 2.05) is 13.8 Å². The number of hydrogen-bond donors (Lipinski definition) is 2. The number of aryl methyl sites for hydroxylation is 2. The van der Waals surface area contributed by atoms with Crippen LogP contribution in [0, 0.1) is 17.6 Å². The molecular weight excluding hydrogens is 514 g/mol. The Bertz CT molecular complexity index is 1550. The molecular formula is C32H28F2N2O4. The molecule has 0 saturated heterocycles. The molecule has 1 aliphatic heterocycles. The van der Waals surface area contributed by atoms with E-state index in [2.05, 4.69) is 5.32 Å². The molecule has 0 saturated carbocycles. The molecule has 0 bridgehead atoms. The van der Waals surface area contributed by atoms with Gasteiger partial charge >= 0.3 is 5.97 Å². The van der Waals surface area contributed by atoms with Crippen molar-refractivity contribution in [2.24, 2.45) is 5.92 Å². The van der Waals surface area contributed by atoms with Crippen LogP contribution < -0.4 is 10.1 Å². The van der Waals surface area contributed by atoms with Gasteiger partial charge in [0.25, 0.3) is 5.91 Å². The van der Waals surface area contributed by atoms with Gasteiger partial charge in [0.1, 0.15) is 24.0 Å². The van der Waals surface area contributed by atoms with Crippen LogP contribution >= 0.6 is 0 Å². The number of rotatable bonds is 9. The van der Waals surface area contributed by atoms with E-state index in [0.717, 1.165) is 11.1 Å². The first-order valence-corrected chi connectivity index (χ1v) is 13.0. The summed E-state index contributed by atoms with van der Waals surface area (Å²) in [6.07, 6.45) is 0.751. The highest BCUT2D eigenvalue weighted by Crippen LogP contribution is 2.40. The second-order valence-corrected chi connectivity index (χ2v) is 10.1. The normalized spacial score (nSPS) is 14.2. The van der Waals surface area contributed by atoms with Crippen molar-refractivity contribution in [3.8, 4) is 16.9 Å². The number of nitrogens with zero attached hydrogens (tertiary/aromatic N) is 1. The number of benzene rings is 3. The molecule has 2 heterocycles. The maximum absolute atomic E-state index is 13.4. The fraction of sp³-hybridized carbons (Fsp3) is 0.219. The van der Waals surface area contributed by atoms with Gasteiger partial charge < -0.3 is 15.2 Å². The van der Waals surface area contributed by atoms with Gasteiger partial charge in [-0.2, -0.15) is 0 Å². The van der Waals surface area contributed by atoms with Crippen molar-refractivity contribution in [1.29, 1.82) is 0 Å². The topological polar surface area (TPSA) is 88.5 Å². The van der Waals surface area contributed by atoms with Gasteiger partial charge in [-0.15, -0.1) is 0 Å². The summed E-state index contributed by atoms with van der Waals surface area (Å²) in [6, 6.07) is 18.6. The van der Waals surface area contributed by atoms with Crippen molar-refractivity contribution in [3.63, 3.8) is 0 Å². The SMILES string of the molecule is CC(C)C1NC(=O)c2c1nc(CCc1ccc(F)cc1)c(C(=O)O)c2-c1ccc(OCc2ccc(F)cc2)cc1. The summed E-state index contributed by atoms with van der Waals surface area (Å²) in [5.74, 6) is -1.64. The first kappa shape index (κ1) is 27.0. The maximum Gasteiger partial charge on any atom is 0.338 e. The molecule has 4 aromatic rings. The van der Waals surface area contributed by atoms with E-state index in [-0.39, 0.29) is 47.2 Å². The zero-order chi connectivity index (χ0) is 28.4. The predicted molar refractivity (Wildman–Crippen MR) is 146 cm³/mol. The number of ether oxygens (including phenoxy) is 1. The molecule has 0 radical (unpaired) electrons. The summed E-state index contributed by atoms with van der Waals surface area (Å²) in [5, 5.41) is 13.3. The van der Waals surface area contributed by atoms with E-state index >= 15 is 0 Å². The minimum absolute atomic E-state index is 0.0274. The molecule has 1 aromatic heterocycles. The van der Waals surface area contributed by atoms with Gasteiger partial charge in [0.05, 0.1) is 28.6 Å². The third kappa shape index (κ3) is 5.57. The Morgan fingerprint density at radius 1 is 0.900 bits per heavy atom. The van der Waals surface area contributed by atoms with Crippen LogP contribution in [-0.2, 0) is 19.4 Å². The van der Waals surface area contributed by atoms with Crippen LogP contribution in [0.15, 0.2) is 72.8 Å². The minimum atomic E-state index is -1.18. The Balaban J connectivity index is 1.54. The second kappa shape index (κ2) is 11.3. The van der Waals surface area contributed by atoms with Crippen LogP contribution in [0.2, 0.25) is 0 Å². The molecule has 2 N–H and O–H groups in total. The summed E-state index contributed by atoms with van der Waals surface area (Å²) < 4.78 is 32.4. The van der Waals surface area contributed by atoms with Gasteiger partial charge in [-0.05, 0) is 71.8 Å². The van der Waals surface area contributed by atoms with Crippen LogP contribution in [-0.4, -0.2) is 22.0 Å². The second-order valence-electron chi connectivity index (χ2n) is 10.1. The van der Waals surface area contributed by atoms with Crippen molar-refractivity contribution >= 4 is 11.9 Å². The number of pyridine rings is 1. The lowest BCUT2D eigenvalue weighted by Gasteiger charge is -2.19. The number of hydrogen-bond acceptors (Lipinski definition) is 4. The highest BCUT2D eigenvalue weighted by atomic mass is 19.1. The molecule has 6 nitrogen and oxygen atoms in total. The average molecular weight is 543 g/mol. The number of carbonyl (C=O) groups excluding carboxylic acids is 1. The number of carbonyl (C=O) groups is 2. The number of fused-ring (bicyclic) bond motifs is 1. The molecule has 0 fully saturated rings. The molecule has 0 spiro atoms. The van der Waals surface area contributed by atoms with Gasteiger partial charge in [-0.1, -0.05) is 50.2 Å². The number of carboxylic acids is 1. The summed E-state index contributed by atoms with van der Waals surface area (Å²) in [7, 11) is 0. The Morgan fingerprint density at radius 3 is 2.08 bits per heavy atom. The number of halogens is 2. The largest absolute Gasteiger partial charge is 0.489 e. The van der Waals surface area contributed by atoms with Crippen molar-refractivity contribution in [2.75, 3.05) is 0 Å². The van der Waals surface area contributed by atoms with Crippen LogP contribution in [0.1, 0.15) is 63.1 Å². The molecule has 3 aromatic carbocycles. The van der Waals surface area contributed by atoms with Gasteiger partial charge in [0.2, 0.25) is 0 Å². The zero-order valence-electron chi connectivity index (χ0n) is 22.1. The van der Waals surface area contributed by atoms with Gasteiger partial charge in [0, 0.05) is 5.56 Å². The third-order valence-corrected chi connectivity index (χ3v) is 7.01. The van der Waals surface area contributed by atoms with Crippen molar-refractivity contribution in [2.45, 2.75) is 39.3 Å². The number of aromatic carboxylic acids is 1. The Morgan fingerprint density at radius 2 is 1.50 bits per heavy atom. The van der Waals surface area contributed by atoms with E-state index < -0.39 is 5.97 Å². The predicted octanol–water partition coefficient (Wildman–Crippen LogP) is 6.53. The van der Waals surface area contributed by atoms with Crippen molar-refractivity contribution < 1.29 is 28.2 Å². The lowest BCUT2D eigenvalue weighted by atomic mass is 9.89. The quantitative estimate of drug-likeness (QED) is 0.251. The lowest BCUT2D eigenvalue weighted by Crippen LogP contribution is -2.23. The minimum Gasteiger partial charge on any atom is -0.489 e. The van der Waals surface area contributed by atoms with Gasteiger partial charge in [-0.25, -0.2) is 13.6 Å². The molecule has 1 aliphatic rings. The summed E-state index contributed by atoms with van der Waals surface area (Å²) in [6.45, 7) is 4.17. The van der Waals surface area contributed by atoms with Crippen LogP contribution in [0.3, 0.4) is 0 Å². The molecule has 5 rings (SSSR count). The number of aromatic nitrogens is 1. The molecule has 8 heteroatoms. The highest BCUT2D eigenvalue weighted by Gasteiger charge is 2.38. The fourth-order valence-corrected chi connectivity index (χ4v) is 4.95. The monoisotopic (exact) mass is 542 g/mol. The summed E-state index contributed by atoms with van der Waals surface area (Å²) in [5.41, 5.74) is 3.65. The standard InChI is InChI=1S/C32H28F2N2O4/c1-18(2)29-30-28(31(37)36-29)26(21-8-14-24(15-9-21)40-17-20-5-12-23(34)13-6-20)27(32(38)39)25(35-30)16-7-19-3-10-22(33)11-4-19/h3-6,8-15,18,29H,7,16-17H2,1-2H3,(H,36,37)(H,38,39). The number of amides is 1. The van der Waals surface area contributed by atoms with E-state index in [0.29, 0.717) is 41.1 Å². The van der Waals surface area contributed by atoms with Crippen molar-refractivity contribution in [1.82, 2.24) is 10.3 Å². The highest BCUT2D eigenvalue weighted by molar-refractivity contribution is 6.10. The van der Waals surface area contributed by atoms with E-state index in [1.165, 1.54) is 24.3 Å². The van der Waals surface area contributed by atoms with Gasteiger partial charge in [0.15, 0.2) is 0 Å². The number of nitrogens with one attached hydrogen (secondary N) is 1. The van der Waals surface area contributed by atoms with Crippen molar-refractivity contribution in [3.05, 3.63) is 118 Å². The molecule has 40 heavy (non-hydrogen) atoms. The summed E-state index contributed by atoms with van der Waals surface area (Å²) >= 11 is 0. The third-order valence-electron chi connectivity index (χ3n) is 7.01. The zero-order valence-corrected chi connectivity index (χ0v) is 22.1. The number of carboxylic acid groups (broad SMARTS) is 1. The molecule has 1 amide bonds. The van der Waals surface area contributed by atoms with Crippen LogP contribution in [0.5, 0.6) is 5.75 Å². The smallest absolute Gasteiger partial charge is 0.338 e. The molecule has 0 aliphatic carbocycles. The lowest BCUT2D eigenvalue weighted by molar-refractivity contribution is 0.0696. The average Bonchev–Trinajstić information content (AvgIpc) is 3.28. The first-order valence-electron chi connectivity index (χ1n) is 13.0. The Hall–Kier alpha value is -4.59. The molecule has 204 valence electrons. The maximum atomic E-state index is 13.4. The first-order chi connectivity index (χ1) is 19.2. The molecule has 1 atom stereocenters. The Labute approximate surface area is 230 Å². The van der Waals surface area contributed by atoms with E-state index in [4.69, 9.17) is 9.72 Å². The van der Waals surface area contributed by atoms with Crippen LogP contribution in [0.4, 0.5) is 8.78 Å². The fourth-order valence-electron chi connectivity index (χ4n) is 4.95.